The van der Waals surface area contributed by atoms with E-state index >= 15 is 0 Å². The molecule has 0 spiro atoms. The summed E-state index contributed by atoms with van der Waals surface area (Å²) in [5.74, 6) is -1.08. The second-order valence-corrected chi connectivity index (χ2v) is 7.70. The molecule has 3 amide bonds. The van der Waals surface area contributed by atoms with E-state index in [-0.39, 0.29) is 4.91 Å². The molecule has 0 unspecified atom stereocenters. The Balaban J connectivity index is 1.73. The maximum absolute atomic E-state index is 12.5. The Bertz CT molecular complexity index is 941. The smallest absolute Gasteiger partial charge is 0.294 e. The van der Waals surface area contributed by atoms with Crippen LogP contribution in [0.1, 0.15) is 5.56 Å². The summed E-state index contributed by atoms with van der Waals surface area (Å²) in [6.45, 7) is -0.402. The standard InChI is InChI=1S/C18H11Cl3N2O3S/c19-10-4-6-11(7-5-10)22-16(24)9-23-17(25)15(27-18(23)26)8-12-13(20)2-1-3-14(12)21/h1-8H,9H2,(H,22,24)/b15-8+. The highest BCUT2D eigenvalue weighted by atomic mass is 35.5. The van der Waals surface area contributed by atoms with Crippen LogP contribution in [0.5, 0.6) is 0 Å². The Morgan fingerprint density at radius 3 is 2.30 bits per heavy atom. The Kier molecular flexibility index (Phi) is 6.11. The van der Waals surface area contributed by atoms with E-state index in [1.165, 1.54) is 6.08 Å². The lowest BCUT2D eigenvalue weighted by Gasteiger charge is -2.12. The van der Waals surface area contributed by atoms with Gasteiger partial charge in [0.05, 0.1) is 4.91 Å². The van der Waals surface area contributed by atoms with Crippen LogP contribution < -0.4 is 5.32 Å². The van der Waals surface area contributed by atoms with Crippen LogP contribution in [0.15, 0.2) is 47.4 Å². The second kappa shape index (κ2) is 8.35. The number of nitrogens with zero attached hydrogens (tertiary/aromatic N) is 1. The first-order valence-corrected chi connectivity index (χ1v) is 9.55. The molecule has 1 saturated heterocycles. The predicted octanol–water partition coefficient (Wildman–Crippen LogP) is 5.32. The Morgan fingerprint density at radius 2 is 1.67 bits per heavy atom. The molecule has 9 heteroatoms. The number of hydrogen-bond donors (Lipinski definition) is 1. The predicted molar refractivity (Wildman–Crippen MR) is 109 cm³/mol. The maximum atomic E-state index is 12.5. The molecular weight excluding hydrogens is 431 g/mol. The molecule has 1 fully saturated rings. The molecule has 1 aliphatic heterocycles. The minimum absolute atomic E-state index is 0.147. The molecule has 3 rings (SSSR count). The van der Waals surface area contributed by atoms with Crippen molar-refractivity contribution in [2.45, 2.75) is 0 Å². The number of carbonyl (C=O) groups excluding carboxylic acids is 3. The number of halogens is 3. The van der Waals surface area contributed by atoms with Crippen molar-refractivity contribution < 1.29 is 14.4 Å². The zero-order chi connectivity index (χ0) is 19.6. The summed E-state index contributed by atoms with van der Waals surface area (Å²) in [4.78, 5) is 37.8. The van der Waals surface area contributed by atoms with Crippen molar-refractivity contribution in [2.24, 2.45) is 0 Å². The highest BCUT2D eigenvalue weighted by Crippen LogP contribution is 2.35. The van der Waals surface area contributed by atoms with Gasteiger partial charge in [0.15, 0.2) is 0 Å². The number of carbonyl (C=O) groups is 3. The number of imide groups is 1. The van der Waals surface area contributed by atoms with Crippen LogP contribution >= 0.6 is 46.6 Å². The number of benzene rings is 2. The van der Waals surface area contributed by atoms with Gasteiger partial charge in [0.25, 0.3) is 11.1 Å². The van der Waals surface area contributed by atoms with E-state index in [0.717, 1.165) is 16.7 Å². The van der Waals surface area contributed by atoms with Crippen molar-refractivity contribution in [1.29, 1.82) is 0 Å². The third-order valence-corrected chi connectivity index (χ3v) is 5.40. The van der Waals surface area contributed by atoms with Crippen LogP contribution in [0.2, 0.25) is 15.1 Å². The molecule has 0 saturated carbocycles. The van der Waals surface area contributed by atoms with Gasteiger partial charge in [-0.15, -0.1) is 0 Å². The lowest BCUT2D eigenvalue weighted by molar-refractivity contribution is -0.127. The first kappa shape index (κ1) is 19.8. The number of rotatable bonds is 4. The fourth-order valence-electron chi connectivity index (χ4n) is 2.29. The highest BCUT2D eigenvalue weighted by Gasteiger charge is 2.36. The first-order chi connectivity index (χ1) is 12.8. The van der Waals surface area contributed by atoms with Gasteiger partial charge in [0.1, 0.15) is 6.54 Å². The second-order valence-electron chi connectivity index (χ2n) is 5.46. The number of anilines is 1. The number of amides is 3. The summed E-state index contributed by atoms with van der Waals surface area (Å²) < 4.78 is 0. The van der Waals surface area contributed by atoms with Crippen LogP contribution in [0.3, 0.4) is 0 Å². The van der Waals surface area contributed by atoms with Gasteiger partial charge in [-0.25, -0.2) is 0 Å². The Labute approximate surface area is 174 Å². The topological polar surface area (TPSA) is 66.5 Å². The number of hydrogen-bond acceptors (Lipinski definition) is 4. The van der Waals surface area contributed by atoms with Crippen molar-refractivity contribution >= 4 is 75.4 Å². The van der Waals surface area contributed by atoms with Gasteiger partial charge >= 0.3 is 0 Å². The van der Waals surface area contributed by atoms with Gasteiger partial charge in [-0.1, -0.05) is 40.9 Å². The minimum Gasteiger partial charge on any atom is -0.325 e. The van der Waals surface area contributed by atoms with Crippen molar-refractivity contribution in [2.75, 3.05) is 11.9 Å². The Morgan fingerprint density at radius 1 is 1.04 bits per heavy atom. The molecule has 0 atom stereocenters. The molecule has 0 aliphatic carbocycles. The molecule has 0 aromatic heterocycles. The summed E-state index contributed by atoms with van der Waals surface area (Å²) in [5.41, 5.74) is 0.951. The van der Waals surface area contributed by atoms with Crippen LogP contribution in [-0.2, 0) is 9.59 Å². The van der Waals surface area contributed by atoms with E-state index in [1.807, 2.05) is 0 Å². The monoisotopic (exact) mass is 440 g/mol. The molecular formula is C18H11Cl3N2O3S. The van der Waals surface area contributed by atoms with E-state index in [2.05, 4.69) is 5.32 Å². The van der Waals surface area contributed by atoms with E-state index in [0.29, 0.717) is 26.3 Å². The van der Waals surface area contributed by atoms with Crippen molar-refractivity contribution in [1.82, 2.24) is 4.90 Å². The average Bonchev–Trinajstić information content (AvgIpc) is 2.88. The molecule has 0 radical (unpaired) electrons. The van der Waals surface area contributed by atoms with Gasteiger partial charge in [0, 0.05) is 26.3 Å². The SMILES string of the molecule is O=C(CN1C(=O)S/C(=C/c2c(Cl)cccc2Cl)C1=O)Nc1ccc(Cl)cc1. The van der Waals surface area contributed by atoms with Gasteiger partial charge in [0.2, 0.25) is 5.91 Å². The summed E-state index contributed by atoms with van der Waals surface area (Å²) in [7, 11) is 0. The maximum Gasteiger partial charge on any atom is 0.294 e. The van der Waals surface area contributed by atoms with Crippen molar-refractivity contribution in [3.05, 3.63) is 68.0 Å². The number of thioether (sulfide) groups is 1. The van der Waals surface area contributed by atoms with Crippen LogP contribution in [0.4, 0.5) is 10.5 Å². The minimum atomic E-state index is -0.577. The van der Waals surface area contributed by atoms with Gasteiger partial charge in [-0.2, -0.15) is 0 Å². The van der Waals surface area contributed by atoms with Crippen molar-refractivity contribution in [3.63, 3.8) is 0 Å². The summed E-state index contributed by atoms with van der Waals surface area (Å²) in [5, 5.41) is 3.31. The lowest BCUT2D eigenvalue weighted by Crippen LogP contribution is -2.36. The van der Waals surface area contributed by atoms with E-state index in [9.17, 15) is 14.4 Å². The van der Waals surface area contributed by atoms with Crippen molar-refractivity contribution in [3.8, 4) is 0 Å². The third-order valence-electron chi connectivity index (χ3n) is 3.58. The van der Waals surface area contributed by atoms with E-state index in [4.69, 9.17) is 34.8 Å². The van der Waals surface area contributed by atoms with Crippen LogP contribution in [0.25, 0.3) is 6.08 Å². The largest absolute Gasteiger partial charge is 0.325 e. The average molecular weight is 442 g/mol. The van der Waals surface area contributed by atoms with Gasteiger partial charge in [-0.05, 0) is 54.2 Å². The van der Waals surface area contributed by atoms with Crippen LogP contribution in [-0.4, -0.2) is 28.5 Å². The molecule has 0 bridgehead atoms. The first-order valence-electron chi connectivity index (χ1n) is 7.60. The third kappa shape index (κ3) is 4.65. The zero-order valence-electron chi connectivity index (χ0n) is 13.5. The normalized spacial score (nSPS) is 15.5. The fourth-order valence-corrected chi connectivity index (χ4v) is 3.75. The fraction of sp³-hybridized carbons (Fsp3) is 0.0556. The summed E-state index contributed by atoms with van der Waals surface area (Å²) >= 11 is 18.7. The quantitative estimate of drug-likeness (QED) is 0.652. The lowest BCUT2D eigenvalue weighted by atomic mass is 10.2. The summed E-state index contributed by atoms with van der Waals surface area (Å²) in [6.07, 6.45) is 1.45. The van der Waals surface area contributed by atoms with Gasteiger partial charge < -0.3 is 5.32 Å². The molecule has 2 aromatic carbocycles. The molecule has 1 N–H and O–H groups in total. The number of nitrogens with one attached hydrogen (secondary N) is 1. The molecule has 27 heavy (non-hydrogen) atoms. The molecule has 1 aliphatic rings. The van der Waals surface area contributed by atoms with Crippen LogP contribution in [0, 0.1) is 0 Å². The highest BCUT2D eigenvalue weighted by molar-refractivity contribution is 8.18. The molecule has 1 heterocycles. The molecule has 2 aromatic rings. The van der Waals surface area contributed by atoms with Gasteiger partial charge in [-0.3, -0.25) is 19.3 Å². The molecule has 138 valence electrons. The zero-order valence-corrected chi connectivity index (χ0v) is 16.6. The molecule has 5 nitrogen and oxygen atoms in total. The summed E-state index contributed by atoms with van der Waals surface area (Å²) in [6, 6.07) is 11.4. The van der Waals surface area contributed by atoms with E-state index in [1.54, 1.807) is 42.5 Å². The van der Waals surface area contributed by atoms with E-state index < -0.39 is 23.6 Å². The Hall–Kier alpha value is -1.99.